The molecule has 0 spiro atoms. The predicted molar refractivity (Wildman–Crippen MR) is 76.6 cm³/mol. The molecule has 0 bridgehead atoms. The Kier molecular flexibility index (Phi) is 3.69. The van der Waals surface area contributed by atoms with Gasteiger partial charge in [-0.3, -0.25) is 0 Å². The molecule has 0 saturated heterocycles. The Morgan fingerprint density at radius 3 is 2.89 bits per heavy atom. The molecule has 3 nitrogen and oxygen atoms in total. The second-order valence-corrected chi connectivity index (χ2v) is 5.62. The van der Waals surface area contributed by atoms with Crippen LogP contribution in [0.25, 0.3) is 0 Å². The third-order valence-corrected chi connectivity index (χ3v) is 4.14. The van der Waals surface area contributed by atoms with Crippen LogP contribution in [0.3, 0.4) is 0 Å². The molecule has 1 fully saturated rings. The number of aromatic nitrogens is 2. The summed E-state index contributed by atoms with van der Waals surface area (Å²) in [5.41, 5.74) is 1.20. The van der Waals surface area contributed by atoms with Crippen molar-refractivity contribution in [1.29, 1.82) is 0 Å². The number of hydrogen-bond donors (Lipinski definition) is 0. The van der Waals surface area contributed by atoms with E-state index in [2.05, 4.69) is 16.0 Å². The van der Waals surface area contributed by atoms with E-state index in [1.807, 2.05) is 30.5 Å². The van der Waals surface area contributed by atoms with Crippen molar-refractivity contribution in [3.63, 3.8) is 0 Å². The van der Waals surface area contributed by atoms with Gasteiger partial charge in [0.15, 0.2) is 0 Å². The number of para-hydroxylation sites is 1. The van der Waals surface area contributed by atoms with Gasteiger partial charge in [-0.15, -0.1) is 11.8 Å². The van der Waals surface area contributed by atoms with Crippen molar-refractivity contribution in [3.05, 3.63) is 47.9 Å². The molecular weight excluding hydrogens is 256 g/mol. The number of nitrogens with zero attached hydrogens (tertiary/aromatic N) is 2. The van der Waals surface area contributed by atoms with Crippen molar-refractivity contribution in [2.75, 3.05) is 7.11 Å². The van der Waals surface area contributed by atoms with Crippen molar-refractivity contribution in [1.82, 2.24) is 9.97 Å². The van der Waals surface area contributed by atoms with Crippen LogP contribution in [0.5, 0.6) is 5.75 Å². The van der Waals surface area contributed by atoms with E-state index in [1.54, 1.807) is 18.9 Å². The summed E-state index contributed by atoms with van der Waals surface area (Å²) < 4.78 is 5.36. The monoisotopic (exact) mass is 272 g/mol. The van der Waals surface area contributed by atoms with Crippen LogP contribution in [0.1, 0.15) is 30.1 Å². The zero-order valence-electron chi connectivity index (χ0n) is 10.9. The van der Waals surface area contributed by atoms with E-state index in [1.165, 1.54) is 18.4 Å². The van der Waals surface area contributed by atoms with Crippen LogP contribution in [0.15, 0.2) is 41.6 Å². The Labute approximate surface area is 117 Å². The molecule has 98 valence electrons. The van der Waals surface area contributed by atoms with Crippen molar-refractivity contribution in [2.45, 2.75) is 29.5 Å². The van der Waals surface area contributed by atoms with Gasteiger partial charge in [0.1, 0.15) is 16.6 Å². The highest BCUT2D eigenvalue weighted by Crippen LogP contribution is 2.38. The van der Waals surface area contributed by atoms with Crippen molar-refractivity contribution in [2.24, 2.45) is 0 Å². The zero-order valence-corrected chi connectivity index (χ0v) is 11.7. The van der Waals surface area contributed by atoms with Gasteiger partial charge >= 0.3 is 0 Å². The molecule has 1 aliphatic rings. The van der Waals surface area contributed by atoms with Crippen LogP contribution in [0, 0.1) is 0 Å². The van der Waals surface area contributed by atoms with Crippen molar-refractivity contribution < 1.29 is 4.74 Å². The lowest BCUT2D eigenvalue weighted by molar-refractivity contribution is 0.411. The Morgan fingerprint density at radius 1 is 1.26 bits per heavy atom. The number of benzene rings is 1. The van der Waals surface area contributed by atoms with E-state index in [9.17, 15) is 0 Å². The standard InChI is InChI=1S/C15H16N2OS/c1-18-13-5-3-2-4-12(13)10-19-14-8-9-16-15(17-14)11-6-7-11/h2-5,8-9,11H,6-7,10H2,1H3. The number of rotatable bonds is 5. The first-order valence-electron chi connectivity index (χ1n) is 6.44. The first kappa shape index (κ1) is 12.5. The molecular formula is C15H16N2OS. The molecule has 1 heterocycles. The van der Waals surface area contributed by atoms with Crippen molar-refractivity contribution >= 4 is 11.8 Å². The third kappa shape index (κ3) is 3.07. The second-order valence-electron chi connectivity index (χ2n) is 4.63. The van der Waals surface area contributed by atoms with Gasteiger partial charge in [0.2, 0.25) is 0 Å². The van der Waals surface area contributed by atoms with E-state index in [0.717, 1.165) is 22.4 Å². The minimum atomic E-state index is 0.604. The maximum absolute atomic E-state index is 5.36. The Balaban J connectivity index is 1.70. The zero-order chi connectivity index (χ0) is 13.1. The van der Waals surface area contributed by atoms with Crippen LogP contribution in [0.4, 0.5) is 0 Å². The quantitative estimate of drug-likeness (QED) is 0.614. The van der Waals surface area contributed by atoms with Gasteiger partial charge in [-0.1, -0.05) is 18.2 Å². The van der Waals surface area contributed by atoms with Crippen LogP contribution >= 0.6 is 11.8 Å². The molecule has 0 unspecified atom stereocenters. The highest BCUT2D eigenvalue weighted by molar-refractivity contribution is 7.98. The van der Waals surface area contributed by atoms with E-state index >= 15 is 0 Å². The van der Waals surface area contributed by atoms with E-state index in [-0.39, 0.29) is 0 Å². The third-order valence-electron chi connectivity index (χ3n) is 3.16. The molecule has 0 aliphatic heterocycles. The number of hydrogen-bond acceptors (Lipinski definition) is 4. The lowest BCUT2D eigenvalue weighted by Crippen LogP contribution is -1.94. The minimum absolute atomic E-state index is 0.604. The first-order chi connectivity index (χ1) is 9.36. The fraction of sp³-hybridized carbons (Fsp3) is 0.333. The van der Waals surface area contributed by atoms with Crippen LogP contribution < -0.4 is 4.74 Å². The van der Waals surface area contributed by atoms with Gasteiger partial charge in [0, 0.05) is 23.4 Å². The van der Waals surface area contributed by atoms with Gasteiger partial charge in [0.25, 0.3) is 0 Å². The summed E-state index contributed by atoms with van der Waals surface area (Å²) >= 11 is 1.73. The number of ether oxygens (including phenoxy) is 1. The van der Waals surface area contributed by atoms with Crippen molar-refractivity contribution in [3.8, 4) is 5.75 Å². The average Bonchev–Trinajstić information content (AvgIpc) is 3.30. The second kappa shape index (κ2) is 5.61. The Morgan fingerprint density at radius 2 is 2.11 bits per heavy atom. The van der Waals surface area contributed by atoms with E-state index in [0.29, 0.717) is 5.92 Å². The molecule has 19 heavy (non-hydrogen) atoms. The first-order valence-corrected chi connectivity index (χ1v) is 7.43. The molecule has 0 radical (unpaired) electrons. The summed E-state index contributed by atoms with van der Waals surface area (Å²) in [6.45, 7) is 0. The van der Waals surface area contributed by atoms with Crippen LogP contribution in [-0.4, -0.2) is 17.1 Å². The topological polar surface area (TPSA) is 35.0 Å². The largest absolute Gasteiger partial charge is 0.496 e. The number of thioether (sulfide) groups is 1. The Bertz CT molecular complexity index is 570. The highest BCUT2D eigenvalue weighted by atomic mass is 32.2. The summed E-state index contributed by atoms with van der Waals surface area (Å²) in [7, 11) is 1.71. The molecule has 1 saturated carbocycles. The molecule has 1 aliphatic carbocycles. The molecule has 3 rings (SSSR count). The summed E-state index contributed by atoms with van der Waals surface area (Å²) in [6, 6.07) is 10.1. The summed E-state index contributed by atoms with van der Waals surface area (Å²) in [4.78, 5) is 8.96. The van der Waals surface area contributed by atoms with Gasteiger partial charge in [-0.2, -0.15) is 0 Å². The van der Waals surface area contributed by atoms with Gasteiger partial charge in [-0.25, -0.2) is 9.97 Å². The van der Waals surface area contributed by atoms with E-state index in [4.69, 9.17) is 4.74 Å². The summed E-state index contributed by atoms with van der Waals surface area (Å²) in [6.07, 6.45) is 4.34. The minimum Gasteiger partial charge on any atom is -0.496 e. The fourth-order valence-electron chi connectivity index (χ4n) is 1.95. The van der Waals surface area contributed by atoms with Crippen LogP contribution in [0.2, 0.25) is 0 Å². The molecule has 2 aromatic rings. The molecule has 4 heteroatoms. The average molecular weight is 272 g/mol. The summed E-state index contributed by atoms with van der Waals surface area (Å²) in [5, 5.41) is 1.04. The lowest BCUT2D eigenvalue weighted by atomic mass is 10.2. The lowest BCUT2D eigenvalue weighted by Gasteiger charge is -2.07. The predicted octanol–water partition coefficient (Wildman–Crippen LogP) is 3.65. The van der Waals surface area contributed by atoms with Gasteiger partial charge in [0.05, 0.1) is 7.11 Å². The maximum Gasteiger partial charge on any atom is 0.132 e. The van der Waals surface area contributed by atoms with Crippen LogP contribution in [-0.2, 0) is 5.75 Å². The Hall–Kier alpha value is -1.55. The van der Waals surface area contributed by atoms with E-state index < -0.39 is 0 Å². The highest BCUT2D eigenvalue weighted by Gasteiger charge is 2.26. The summed E-state index contributed by atoms with van der Waals surface area (Å²) in [5.74, 6) is 3.41. The smallest absolute Gasteiger partial charge is 0.132 e. The number of methoxy groups -OCH3 is 1. The van der Waals surface area contributed by atoms with Gasteiger partial charge < -0.3 is 4.74 Å². The SMILES string of the molecule is COc1ccccc1CSc1ccnc(C2CC2)n1. The van der Waals surface area contributed by atoms with Gasteiger partial charge in [-0.05, 0) is 25.0 Å². The molecule has 0 N–H and O–H groups in total. The fourth-order valence-corrected chi connectivity index (χ4v) is 2.81. The molecule has 0 atom stereocenters. The maximum atomic E-state index is 5.36. The normalized spacial score (nSPS) is 14.4. The molecule has 1 aromatic carbocycles. The molecule has 1 aromatic heterocycles. The molecule has 0 amide bonds.